The van der Waals surface area contributed by atoms with Gasteiger partial charge in [-0.05, 0) is 97.2 Å². The standard InChI is InChI=1S/C25H38O2/c1-12-13(2)17-11-16(12)21-14-8-18(22(17)21)19(9-14)23(26)27-20-10-15-6-7-25(20,5)24(15,3)4/h12-22H,6-11H2,1-5H3. The van der Waals surface area contributed by atoms with Gasteiger partial charge in [0.25, 0.3) is 0 Å². The molecule has 0 N–H and O–H groups in total. The van der Waals surface area contributed by atoms with Crippen molar-refractivity contribution in [3.05, 3.63) is 0 Å². The van der Waals surface area contributed by atoms with Crippen LogP contribution in [-0.2, 0) is 9.53 Å². The van der Waals surface area contributed by atoms with E-state index in [1.54, 1.807) is 0 Å². The summed E-state index contributed by atoms with van der Waals surface area (Å²) in [6, 6.07) is 0. The zero-order chi connectivity index (χ0) is 18.9. The molecule has 6 rings (SSSR count). The Labute approximate surface area is 165 Å². The summed E-state index contributed by atoms with van der Waals surface area (Å²) in [5, 5.41) is 0. The minimum absolute atomic E-state index is 0.174. The predicted octanol–water partition coefficient (Wildman–Crippen LogP) is 5.55. The zero-order valence-corrected chi connectivity index (χ0v) is 17.9. The summed E-state index contributed by atoms with van der Waals surface area (Å²) in [5.41, 5.74) is 0.526. The average molecular weight is 371 g/mol. The van der Waals surface area contributed by atoms with Gasteiger partial charge in [0.2, 0.25) is 0 Å². The Morgan fingerprint density at radius 3 is 2.22 bits per heavy atom. The van der Waals surface area contributed by atoms with E-state index < -0.39 is 0 Å². The van der Waals surface area contributed by atoms with Crippen LogP contribution in [-0.4, -0.2) is 12.1 Å². The van der Waals surface area contributed by atoms with Gasteiger partial charge < -0.3 is 4.74 Å². The van der Waals surface area contributed by atoms with Gasteiger partial charge in [-0.3, -0.25) is 4.79 Å². The van der Waals surface area contributed by atoms with E-state index in [0.29, 0.717) is 11.3 Å². The highest BCUT2D eigenvalue weighted by Crippen LogP contribution is 2.72. The van der Waals surface area contributed by atoms with E-state index in [0.717, 1.165) is 60.2 Å². The highest BCUT2D eigenvalue weighted by molar-refractivity contribution is 5.74. The molecule has 6 saturated carbocycles. The molecule has 0 spiro atoms. The van der Waals surface area contributed by atoms with E-state index in [1.807, 2.05) is 0 Å². The lowest BCUT2D eigenvalue weighted by atomic mass is 9.62. The van der Waals surface area contributed by atoms with E-state index >= 15 is 0 Å². The van der Waals surface area contributed by atoms with Crippen molar-refractivity contribution in [2.75, 3.05) is 0 Å². The van der Waals surface area contributed by atoms with Crippen LogP contribution >= 0.6 is 0 Å². The number of esters is 1. The quantitative estimate of drug-likeness (QED) is 0.470. The lowest BCUT2D eigenvalue weighted by Gasteiger charge is -2.43. The molecule has 12 atom stereocenters. The van der Waals surface area contributed by atoms with Crippen molar-refractivity contribution in [1.82, 2.24) is 0 Å². The van der Waals surface area contributed by atoms with E-state index in [1.165, 1.54) is 25.7 Å². The lowest BCUT2D eigenvalue weighted by Crippen LogP contribution is -2.43. The Bertz CT molecular complexity index is 682. The first-order chi connectivity index (χ1) is 12.7. The molecule has 0 aromatic rings. The topological polar surface area (TPSA) is 26.3 Å². The van der Waals surface area contributed by atoms with Crippen LogP contribution in [0.2, 0.25) is 0 Å². The Hall–Kier alpha value is -0.530. The highest BCUT2D eigenvalue weighted by Gasteiger charge is 2.68. The predicted molar refractivity (Wildman–Crippen MR) is 106 cm³/mol. The third-order valence-electron chi connectivity index (χ3n) is 12.1. The van der Waals surface area contributed by atoms with Gasteiger partial charge in [0.1, 0.15) is 6.10 Å². The molecule has 0 aromatic heterocycles. The SMILES string of the molecule is CC1C(C)C2CC1C1C3CC(C(=O)OC4CC5CCC4(C)C5(C)C)C(C3)C21. The number of ether oxygens (including phenoxy) is 1. The van der Waals surface area contributed by atoms with Gasteiger partial charge >= 0.3 is 5.97 Å². The minimum Gasteiger partial charge on any atom is -0.462 e. The average Bonchev–Trinajstić information content (AvgIpc) is 3.40. The molecule has 6 fully saturated rings. The Morgan fingerprint density at radius 2 is 1.59 bits per heavy atom. The number of rotatable bonds is 2. The van der Waals surface area contributed by atoms with Gasteiger partial charge in [-0.25, -0.2) is 0 Å². The molecule has 0 amide bonds. The summed E-state index contributed by atoms with van der Waals surface area (Å²) in [6.07, 6.45) is 7.79. The molecule has 6 bridgehead atoms. The van der Waals surface area contributed by atoms with Crippen LogP contribution in [0.15, 0.2) is 0 Å². The number of carbonyl (C=O) groups excluding carboxylic acids is 1. The molecule has 6 aliphatic carbocycles. The summed E-state index contributed by atoms with van der Waals surface area (Å²) in [7, 11) is 0. The Balaban J connectivity index is 1.19. The molecule has 0 aromatic carbocycles. The maximum absolute atomic E-state index is 13.3. The zero-order valence-electron chi connectivity index (χ0n) is 17.9. The molecule has 0 heterocycles. The second-order valence-electron chi connectivity index (χ2n) is 12.5. The summed E-state index contributed by atoms with van der Waals surface area (Å²) in [6.45, 7) is 12.2. The van der Waals surface area contributed by atoms with Crippen LogP contribution < -0.4 is 0 Å². The molecule has 27 heavy (non-hydrogen) atoms. The smallest absolute Gasteiger partial charge is 0.309 e. The van der Waals surface area contributed by atoms with Gasteiger partial charge in [0.05, 0.1) is 5.92 Å². The van der Waals surface area contributed by atoms with Crippen molar-refractivity contribution >= 4 is 5.97 Å². The fourth-order valence-electron chi connectivity index (χ4n) is 10.0. The number of hydrogen-bond donors (Lipinski definition) is 0. The minimum atomic E-state index is 0.174. The molecular weight excluding hydrogens is 332 g/mol. The van der Waals surface area contributed by atoms with Gasteiger partial charge in [0.15, 0.2) is 0 Å². The fraction of sp³-hybridized carbons (Fsp3) is 0.960. The summed E-state index contributed by atoms with van der Waals surface area (Å²) in [4.78, 5) is 13.3. The fourth-order valence-corrected chi connectivity index (χ4v) is 10.0. The van der Waals surface area contributed by atoms with Gasteiger partial charge in [0, 0.05) is 5.41 Å². The molecule has 0 aliphatic heterocycles. The largest absolute Gasteiger partial charge is 0.462 e. The van der Waals surface area contributed by atoms with Crippen molar-refractivity contribution in [3.63, 3.8) is 0 Å². The highest BCUT2D eigenvalue weighted by atomic mass is 16.5. The summed E-state index contributed by atoms with van der Waals surface area (Å²) >= 11 is 0. The van der Waals surface area contributed by atoms with Crippen molar-refractivity contribution in [2.45, 2.75) is 79.2 Å². The monoisotopic (exact) mass is 370 g/mol. The van der Waals surface area contributed by atoms with Crippen molar-refractivity contribution < 1.29 is 9.53 Å². The normalized spacial score (nSPS) is 61.6. The molecule has 2 heteroatoms. The molecule has 2 nitrogen and oxygen atoms in total. The lowest BCUT2D eigenvalue weighted by molar-refractivity contribution is -0.165. The third-order valence-corrected chi connectivity index (χ3v) is 12.1. The van der Waals surface area contributed by atoms with Crippen molar-refractivity contribution in [2.24, 2.45) is 70.0 Å². The Morgan fingerprint density at radius 1 is 0.889 bits per heavy atom. The van der Waals surface area contributed by atoms with Crippen LogP contribution in [0.3, 0.4) is 0 Å². The van der Waals surface area contributed by atoms with Crippen LogP contribution in [0.4, 0.5) is 0 Å². The van der Waals surface area contributed by atoms with Gasteiger partial charge in [-0.2, -0.15) is 0 Å². The second-order valence-corrected chi connectivity index (χ2v) is 12.5. The Kier molecular flexibility index (Phi) is 3.30. The first-order valence-electron chi connectivity index (χ1n) is 11.9. The molecule has 0 radical (unpaired) electrons. The number of hydrogen-bond acceptors (Lipinski definition) is 2. The van der Waals surface area contributed by atoms with E-state index in [9.17, 15) is 4.79 Å². The summed E-state index contributed by atoms with van der Waals surface area (Å²) in [5.74, 6) is 8.10. The first kappa shape index (κ1) is 17.3. The van der Waals surface area contributed by atoms with Gasteiger partial charge in [-0.1, -0.05) is 34.6 Å². The number of carbonyl (C=O) groups is 1. The van der Waals surface area contributed by atoms with Crippen LogP contribution in [0.1, 0.15) is 73.1 Å². The third kappa shape index (κ3) is 1.88. The summed E-state index contributed by atoms with van der Waals surface area (Å²) < 4.78 is 6.36. The molecule has 150 valence electrons. The molecule has 6 aliphatic rings. The molecular formula is C25H38O2. The van der Waals surface area contributed by atoms with E-state index in [2.05, 4.69) is 34.6 Å². The number of fused-ring (bicyclic) bond motifs is 11. The first-order valence-corrected chi connectivity index (χ1v) is 11.9. The van der Waals surface area contributed by atoms with Crippen LogP contribution in [0.25, 0.3) is 0 Å². The van der Waals surface area contributed by atoms with Crippen molar-refractivity contribution in [1.29, 1.82) is 0 Å². The van der Waals surface area contributed by atoms with E-state index in [4.69, 9.17) is 4.74 Å². The molecule has 12 unspecified atom stereocenters. The maximum atomic E-state index is 13.3. The second kappa shape index (κ2) is 5.14. The maximum Gasteiger partial charge on any atom is 0.309 e. The van der Waals surface area contributed by atoms with Crippen LogP contribution in [0, 0.1) is 70.0 Å². The van der Waals surface area contributed by atoms with E-state index in [-0.39, 0.29) is 23.4 Å². The van der Waals surface area contributed by atoms with Crippen LogP contribution in [0.5, 0.6) is 0 Å². The van der Waals surface area contributed by atoms with Gasteiger partial charge in [-0.15, -0.1) is 0 Å². The van der Waals surface area contributed by atoms with Crippen molar-refractivity contribution in [3.8, 4) is 0 Å². The molecule has 0 saturated heterocycles.